The molecule has 2 fully saturated rings. The smallest absolute Gasteiger partial charge is 0.283 e. The molecule has 2 heterocycles. The number of hydrogen-bond donors (Lipinski definition) is 0. The Labute approximate surface area is 205 Å². The summed E-state index contributed by atoms with van der Waals surface area (Å²) in [6.07, 6.45) is 0. The van der Waals surface area contributed by atoms with E-state index in [2.05, 4.69) is 47.9 Å². The maximum Gasteiger partial charge on any atom is 0.283 e. The van der Waals surface area contributed by atoms with Crippen molar-refractivity contribution in [1.82, 2.24) is 9.80 Å². The Balaban J connectivity index is 1.39. The number of anilines is 1. The number of morpholine rings is 1. The molecule has 0 spiro atoms. The van der Waals surface area contributed by atoms with Gasteiger partial charge in [-0.05, 0) is 43.7 Å². The predicted octanol–water partition coefficient (Wildman–Crippen LogP) is 3.68. The summed E-state index contributed by atoms with van der Waals surface area (Å²) in [7, 11) is 0. The van der Waals surface area contributed by atoms with Gasteiger partial charge in [-0.3, -0.25) is 19.8 Å². The number of nitrogens with zero attached hydrogens (tertiary/aromatic N) is 4. The molecule has 0 N–H and O–H groups in total. The van der Waals surface area contributed by atoms with Gasteiger partial charge in [0.25, 0.3) is 11.6 Å². The normalized spacial score (nSPS) is 19.3. The van der Waals surface area contributed by atoms with E-state index in [4.69, 9.17) is 4.74 Å². The van der Waals surface area contributed by atoms with Gasteiger partial charge in [-0.25, -0.2) is 0 Å². The number of piperazine rings is 1. The first-order valence-electron chi connectivity index (χ1n) is 11.8. The highest BCUT2D eigenvalue weighted by Crippen LogP contribution is 2.31. The van der Waals surface area contributed by atoms with Crippen LogP contribution in [0.3, 0.4) is 0 Å². The maximum atomic E-state index is 13.2. The van der Waals surface area contributed by atoms with Crippen molar-refractivity contribution in [3.8, 4) is 0 Å². The van der Waals surface area contributed by atoms with E-state index in [-0.39, 0.29) is 22.6 Å². The number of nitro benzene ring substituents is 1. The minimum absolute atomic E-state index is 0.00396. The first kappa shape index (κ1) is 24.5. The summed E-state index contributed by atoms with van der Waals surface area (Å²) < 4.78 is 5.36. The van der Waals surface area contributed by atoms with Crippen molar-refractivity contribution >= 4 is 29.0 Å². The molecule has 1 amide bonds. The van der Waals surface area contributed by atoms with Crippen LogP contribution in [0.25, 0.3) is 0 Å². The largest absolute Gasteiger partial charge is 0.379 e. The predicted molar refractivity (Wildman–Crippen MR) is 135 cm³/mol. The second-order valence-corrected chi connectivity index (χ2v) is 10.0. The Morgan fingerprint density at radius 2 is 1.94 bits per heavy atom. The van der Waals surface area contributed by atoms with E-state index >= 15 is 0 Å². The van der Waals surface area contributed by atoms with Gasteiger partial charge >= 0.3 is 0 Å². The third kappa shape index (κ3) is 5.89. The van der Waals surface area contributed by atoms with E-state index in [9.17, 15) is 14.9 Å². The molecule has 2 saturated heterocycles. The third-order valence-corrected chi connectivity index (χ3v) is 7.46. The molecule has 2 aliphatic rings. The van der Waals surface area contributed by atoms with Crippen LogP contribution in [0.1, 0.15) is 22.8 Å². The molecule has 182 valence electrons. The molecule has 1 atom stereocenters. The van der Waals surface area contributed by atoms with Gasteiger partial charge in [0, 0.05) is 68.4 Å². The van der Waals surface area contributed by atoms with Crippen LogP contribution in [-0.4, -0.2) is 84.9 Å². The van der Waals surface area contributed by atoms with Gasteiger partial charge in [0.2, 0.25) is 0 Å². The quantitative estimate of drug-likeness (QED) is 0.337. The second kappa shape index (κ2) is 11.2. The first-order chi connectivity index (χ1) is 16.4. The van der Waals surface area contributed by atoms with Crippen molar-refractivity contribution in [2.75, 3.05) is 63.1 Å². The fourth-order valence-corrected chi connectivity index (χ4v) is 5.55. The van der Waals surface area contributed by atoms with E-state index in [1.807, 2.05) is 0 Å². The highest BCUT2D eigenvalue weighted by molar-refractivity contribution is 7.99. The lowest BCUT2D eigenvalue weighted by atomic mass is 10.1. The molecule has 8 nitrogen and oxygen atoms in total. The van der Waals surface area contributed by atoms with Crippen LogP contribution in [0.4, 0.5) is 11.4 Å². The number of aryl methyl sites for hydroxylation is 1. The molecule has 1 unspecified atom stereocenters. The number of hydrogen-bond acceptors (Lipinski definition) is 7. The molecule has 2 aliphatic heterocycles. The zero-order valence-electron chi connectivity index (χ0n) is 19.8. The van der Waals surface area contributed by atoms with Gasteiger partial charge in [0.1, 0.15) is 0 Å². The molecule has 9 heteroatoms. The van der Waals surface area contributed by atoms with Crippen LogP contribution in [0.2, 0.25) is 0 Å². The highest BCUT2D eigenvalue weighted by atomic mass is 32.2. The summed E-state index contributed by atoms with van der Waals surface area (Å²) in [5.41, 5.74) is 2.75. The van der Waals surface area contributed by atoms with Crippen molar-refractivity contribution in [2.45, 2.75) is 24.8 Å². The van der Waals surface area contributed by atoms with Crippen molar-refractivity contribution in [3.05, 3.63) is 63.7 Å². The lowest BCUT2D eigenvalue weighted by molar-refractivity contribution is -0.387. The van der Waals surface area contributed by atoms with Crippen LogP contribution in [0, 0.1) is 17.0 Å². The summed E-state index contributed by atoms with van der Waals surface area (Å²) in [4.78, 5) is 31.6. The number of thioether (sulfide) groups is 1. The number of amides is 1. The van der Waals surface area contributed by atoms with E-state index in [1.165, 1.54) is 23.4 Å². The zero-order valence-corrected chi connectivity index (χ0v) is 20.6. The van der Waals surface area contributed by atoms with Crippen LogP contribution >= 0.6 is 11.8 Å². The Bertz CT molecular complexity index is 1030. The number of carbonyl (C=O) groups is 1. The Hall–Kier alpha value is -2.62. The summed E-state index contributed by atoms with van der Waals surface area (Å²) in [6.45, 7) is 10.2. The van der Waals surface area contributed by atoms with Gasteiger partial charge < -0.3 is 14.5 Å². The van der Waals surface area contributed by atoms with Gasteiger partial charge in [0.15, 0.2) is 0 Å². The fourth-order valence-electron chi connectivity index (χ4n) is 4.54. The van der Waals surface area contributed by atoms with Gasteiger partial charge in [-0.15, -0.1) is 11.8 Å². The van der Waals surface area contributed by atoms with Crippen molar-refractivity contribution in [1.29, 1.82) is 0 Å². The Kier molecular flexibility index (Phi) is 8.07. The Morgan fingerprint density at radius 1 is 1.15 bits per heavy atom. The molecule has 0 bridgehead atoms. The van der Waals surface area contributed by atoms with Crippen molar-refractivity contribution < 1.29 is 14.5 Å². The number of ether oxygens (including phenoxy) is 1. The average Bonchev–Trinajstić information content (AvgIpc) is 2.84. The fraction of sp³-hybridized carbons (Fsp3) is 0.480. The molecule has 0 saturated carbocycles. The summed E-state index contributed by atoms with van der Waals surface area (Å²) >= 11 is 1.47. The second-order valence-electron chi connectivity index (χ2n) is 8.87. The van der Waals surface area contributed by atoms with Crippen LogP contribution in [0.15, 0.2) is 47.4 Å². The minimum Gasteiger partial charge on any atom is -0.379 e. The standard InChI is InChI=1S/C25H32N4O4S/c1-19-4-3-5-22(16-19)28-9-8-27(18-20(28)2)25(30)21-6-7-24(23(17-21)29(31)32)34-15-12-26-10-13-33-14-11-26/h3-7,16-17,20H,8-15,18H2,1-2H3. The Morgan fingerprint density at radius 3 is 2.65 bits per heavy atom. The zero-order chi connectivity index (χ0) is 24.1. The van der Waals surface area contributed by atoms with Crippen LogP contribution in [-0.2, 0) is 4.74 Å². The summed E-state index contributed by atoms with van der Waals surface area (Å²) in [6, 6.07) is 13.4. The van der Waals surface area contributed by atoms with E-state index in [0.29, 0.717) is 23.5 Å². The topological polar surface area (TPSA) is 79.2 Å². The molecule has 4 rings (SSSR count). The molecule has 0 aliphatic carbocycles. The first-order valence-corrected chi connectivity index (χ1v) is 12.7. The van der Waals surface area contributed by atoms with E-state index in [1.54, 1.807) is 17.0 Å². The van der Waals surface area contributed by atoms with Gasteiger partial charge in [-0.1, -0.05) is 12.1 Å². The van der Waals surface area contributed by atoms with E-state index in [0.717, 1.165) is 50.8 Å². The third-order valence-electron chi connectivity index (χ3n) is 6.42. The van der Waals surface area contributed by atoms with Crippen LogP contribution in [0.5, 0.6) is 0 Å². The van der Waals surface area contributed by atoms with Gasteiger partial charge in [0.05, 0.1) is 23.0 Å². The molecule has 0 aromatic heterocycles. The van der Waals surface area contributed by atoms with Crippen molar-refractivity contribution in [2.24, 2.45) is 0 Å². The van der Waals surface area contributed by atoms with Crippen molar-refractivity contribution in [3.63, 3.8) is 0 Å². The summed E-state index contributed by atoms with van der Waals surface area (Å²) in [5.74, 6) is 0.607. The van der Waals surface area contributed by atoms with Crippen LogP contribution < -0.4 is 4.90 Å². The molecule has 34 heavy (non-hydrogen) atoms. The number of rotatable bonds is 7. The van der Waals surface area contributed by atoms with E-state index < -0.39 is 0 Å². The highest BCUT2D eigenvalue weighted by Gasteiger charge is 2.29. The maximum absolute atomic E-state index is 13.2. The molecule has 2 aromatic rings. The number of carbonyl (C=O) groups excluding carboxylic acids is 1. The monoisotopic (exact) mass is 484 g/mol. The lowest BCUT2D eigenvalue weighted by Crippen LogP contribution is -2.53. The van der Waals surface area contributed by atoms with Gasteiger partial charge in [-0.2, -0.15) is 0 Å². The lowest BCUT2D eigenvalue weighted by Gasteiger charge is -2.41. The number of benzene rings is 2. The number of nitro groups is 1. The summed E-state index contributed by atoms with van der Waals surface area (Å²) in [5, 5.41) is 11.8. The minimum atomic E-state index is -0.383. The average molecular weight is 485 g/mol. The SMILES string of the molecule is Cc1cccc(N2CCN(C(=O)c3ccc(SCCN4CCOCC4)c([N+](=O)[O-])c3)CC2C)c1. The molecular formula is C25H32N4O4S. The molecular weight excluding hydrogens is 452 g/mol. The molecule has 2 aromatic carbocycles. The molecule has 0 radical (unpaired) electrons.